The van der Waals surface area contributed by atoms with E-state index in [1.165, 1.54) is 12.1 Å². The van der Waals surface area contributed by atoms with Crippen LogP contribution in [0.15, 0.2) is 24.3 Å². The molecule has 17 heavy (non-hydrogen) atoms. The number of benzene rings is 1. The summed E-state index contributed by atoms with van der Waals surface area (Å²) in [5.74, 6) is 0.376. The Balaban J connectivity index is 2.83. The van der Waals surface area contributed by atoms with Gasteiger partial charge in [0.1, 0.15) is 5.75 Å². The second-order valence-electron chi connectivity index (χ2n) is 3.82. The van der Waals surface area contributed by atoms with Gasteiger partial charge < -0.3 is 4.74 Å². The van der Waals surface area contributed by atoms with Gasteiger partial charge in [-0.1, -0.05) is 25.1 Å². The van der Waals surface area contributed by atoms with E-state index in [4.69, 9.17) is 11.6 Å². The van der Waals surface area contributed by atoms with Crippen LogP contribution in [0.4, 0.5) is 13.2 Å². The Morgan fingerprint density at radius 1 is 1.29 bits per heavy atom. The molecule has 1 aromatic rings. The van der Waals surface area contributed by atoms with Crippen LogP contribution in [0.2, 0.25) is 0 Å². The van der Waals surface area contributed by atoms with Gasteiger partial charge in [0.25, 0.3) is 0 Å². The fourth-order valence-electron chi connectivity index (χ4n) is 1.64. The highest BCUT2D eigenvalue weighted by molar-refractivity contribution is 6.17. The molecule has 0 amide bonds. The highest BCUT2D eigenvalue weighted by Crippen LogP contribution is 2.33. The molecule has 0 aliphatic rings. The average Bonchev–Trinajstić information content (AvgIpc) is 2.24. The van der Waals surface area contributed by atoms with Crippen molar-refractivity contribution < 1.29 is 17.9 Å². The maximum atomic E-state index is 12.2. The van der Waals surface area contributed by atoms with Crippen molar-refractivity contribution in [2.75, 3.05) is 5.88 Å². The number of alkyl halides is 4. The van der Waals surface area contributed by atoms with Crippen LogP contribution in [0.1, 0.15) is 31.2 Å². The van der Waals surface area contributed by atoms with Crippen LogP contribution in [0.5, 0.6) is 5.75 Å². The first-order chi connectivity index (χ1) is 7.94. The minimum atomic E-state index is -4.65. The Bertz CT molecular complexity index is 352. The van der Waals surface area contributed by atoms with E-state index in [1.54, 1.807) is 12.1 Å². The second-order valence-corrected chi connectivity index (χ2v) is 4.20. The van der Waals surface area contributed by atoms with Gasteiger partial charge in [-0.25, -0.2) is 0 Å². The molecule has 0 aliphatic carbocycles. The zero-order chi connectivity index (χ0) is 12.9. The summed E-state index contributed by atoms with van der Waals surface area (Å²) in [6, 6.07) is 6.22. The molecule has 1 atom stereocenters. The first-order valence-corrected chi connectivity index (χ1v) is 5.88. The lowest BCUT2D eigenvalue weighted by molar-refractivity contribution is -0.275. The summed E-state index contributed by atoms with van der Waals surface area (Å²) in [7, 11) is 0. The van der Waals surface area contributed by atoms with E-state index >= 15 is 0 Å². The van der Waals surface area contributed by atoms with Gasteiger partial charge in [0, 0.05) is 5.88 Å². The number of halogens is 4. The molecule has 0 N–H and O–H groups in total. The van der Waals surface area contributed by atoms with Crippen LogP contribution in [0.3, 0.4) is 0 Å². The van der Waals surface area contributed by atoms with E-state index in [2.05, 4.69) is 4.74 Å². The van der Waals surface area contributed by atoms with Crippen molar-refractivity contribution in [1.29, 1.82) is 0 Å². The third-order valence-corrected chi connectivity index (χ3v) is 2.71. The van der Waals surface area contributed by atoms with Gasteiger partial charge >= 0.3 is 6.36 Å². The Morgan fingerprint density at radius 3 is 2.53 bits per heavy atom. The first-order valence-electron chi connectivity index (χ1n) is 5.34. The van der Waals surface area contributed by atoms with E-state index < -0.39 is 6.36 Å². The van der Waals surface area contributed by atoms with Crippen LogP contribution < -0.4 is 4.74 Å². The third-order valence-electron chi connectivity index (χ3n) is 2.45. The number of hydrogen-bond donors (Lipinski definition) is 0. The Hall–Kier alpha value is -0.900. The van der Waals surface area contributed by atoms with E-state index in [0.717, 1.165) is 12.8 Å². The zero-order valence-electron chi connectivity index (χ0n) is 9.43. The predicted octanol–water partition coefficient (Wildman–Crippen LogP) is 4.71. The van der Waals surface area contributed by atoms with Crippen LogP contribution >= 0.6 is 11.6 Å². The summed E-state index contributed by atoms with van der Waals surface area (Å²) < 4.78 is 40.6. The van der Waals surface area contributed by atoms with E-state index in [9.17, 15) is 13.2 Å². The number of ether oxygens (including phenoxy) is 1. The molecule has 0 saturated carbocycles. The van der Waals surface area contributed by atoms with Crippen molar-refractivity contribution in [3.63, 3.8) is 0 Å². The van der Waals surface area contributed by atoms with Gasteiger partial charge in [0.05, 0.1) is 0 Å². The summed E-state index contributed by atoms with van der Waals surface area (Å²) in [5.41, 5.74) is 0.565. The molecule has 0 spiro atoms. The maximum Gasteiger partial charge on any atom is 0.573 e. The Labute approximate surface area is 104 Å². The molecule has 0 aromatic heterocycles. The molecular formula is C12H14ClF3O. The van der Waals surface area contributed by atoms with Crippen molar-refractivity contribution in [1.82, 2.24) is 0 Å². The number of para-hydroxylation sites is 1. The van der Waals surface area contributed by atoms with Gasteiger partial charge in [-0.2, -0.15) is 0 Å². The predicted molar refractivity (Wildman–Crippen MR) is 61.5 cm³/mol. The van der Waals surface area contributed by atoms with Gasteiger partial charge in [-0.15, -0.1) is 24.8 Å². The molecule has 1 aromatic carbocycles. The largest absolute Gasteiger partial charge is 0.573 e. The van der Waals surface area contributed by atoms with Crippen molar-refractivity contribution in [2.24, 2.45) is 0 Å². The molecule has 0 aliphatic heterocycles. The van der Waals surface area contributed by atoms with Crippen LogP contribution in [-0.4, -0.2) is 12.2 Å². The van der Waals surface area contributed by atoms with Crippen LogP contribution in [0, 0.1) is 0 Å². The van der Waals surface area contributed by atoms with Crippen molar-refractivity contribution in [3.05, 3.63) is 29.8 Å². The lowest BCUT2D eigenvalue weighted by Crippen LogP contribution is -2.18. The highest BCUT2D eigenvalue weighted by Gasteiger charge is 2.32. The fourth-order valence-corrected chi connectivity index (χ4v) is 1.80. The summed E-state index contributed by atoms with van der Waals surface area (Å²) in [6.45, 7) is 1.87. The summed E-state index contributed by atoms with van der Waals surface area (Å²) in [6.07, 6.45) is -3.15. The topological polar surface area (TPSA) is 9.23 Å². The molecule has 96 valence electrons. The van der Waals surface area contributed by atoms with Crippen molar-refractivity contribution >= 4 is 11.6 Å². The maximum absolute atomic E-state index is 12.2. The van der Waals surface area contributed by atoms with Crippen LogP contribution in [0.25, 0.3) is 0 Å². The minimum Gasteiger partial charge on any atom is -0.405 e. The van der Waals surface area contributed by atoms with E-state index in [1.807, 2.05) is 6.92 Å². The Morgan fingerprint density at radius 2 is 1.94 bits per heavy atom. The lowest BCUT2D eigenvalue weighted by atomic mass is 9.96. The molecule has 0 saturated heterocycles. The first kappa shape index (κ1) is 14.2. The smallest absolute Gasteiger partial charge is 0.405 e. The van der Waals surface area contributed by atoms with Gasteiger partial charge in [0.15, 0.2) is 0 Å². The minimum absolute atomic E-state index is 0.00713. The zero-order valence-corrected chi connectivity index (χ0v) is 10.2. The average molecular weight is 267 g/mol. The molecule has 0 radical (unpaired) electrons. The monoisotopic (exact) mass is 266 g/mol. The molecule has 1 unspecified atom stereocenters. The molecule has 1 nitrogen and oxygen atoms in total. The summed E-state index contributed by atoms with van der Waals surface area (Å²) in [5, 5.41) is 0. The third kappa shape index (κ3) is 4.86. The molecule has 1 rings (SSSR count). The SMILES string of the molecule is CC(CCCCl)c1ccccc1OC(F)(F)F. The standard InChI is InChI=1S/C12H14ClF3O/c1-9(5-4-8-13)10-6-2-3-7-11(10)17-12(14,15)16/h2-3,6-7,9H,4-5,8H2,1H3. The number of rotatable bonds is 5. The molecule has 5 heteroatoms. The molecular weight excluding hydrogens is 253 g/mol. The van der Waals surface area contributed by atoms with E-state index in [0.29, 0.717) is 11.4 Å². The Kier molecular flexibility index (Phi) is 5.12. The second kappa shape index (κ2) is 6.15. The van der Waals surface area contributed by atoms with Gasteiger partial charge in [0.2, 0.25) is 0 Å². The van der Waals surface area contributed by atoms with Gasteiger partial charge in [-0.3, -0.25) is 0 Å². The van der Waals surface area contributed by atoms with Crippen molar-refractivity contribution in [3.8, 4) is 5.75 Å². The highest BCUT2D eigenvalue weighted by atomic mass is 35.5. The van der Waals surface area contributed by atoms with Crippen molar-refractivity contribution in [2.45, 2.75) is 32.0 Å². The van der Waals surface area contributed by atoms with Crippen LogP contribution in [-0.2, 0) is 0 Å². The lowest BCUT2D eigenvalue weighted by Gasteiger charge is -2.17. The molecule has 0 heterocycles. The summed E-state index contributed by atoms with van der Waals surface area (Å²) in [4.78, 5) is 0. The summed E-state index contributed by atoms with van der Waals surface area (Å²) >= 11 is 5.57. The quantitative estimate of drug-likeness (QED) is 0.702. The molecule has 0 bridgehead atoms. The number of hydrogen-bond acceptors (Lipinski definition) is 1. The van der Waals surface area contributed by atoms with E-state index in [-0.39, 0.29) is 11.7 Å². The fraction of sp³-hybridized carbons (Fsp3) is 0.500. The molecule has 0 fully saturated rings. The normalized spacial score (nSPS) is 13.5. The van der Waals surface area contributed by atoms with Gasteiger partial charge in [-0.05, 0) is 30.4 Å².